The number of rotatable bonds is 1. The lowest BCUT2D eigenvalue weighted by Gasteiger charge is -2.19. The van der Waals surface area contributed by atoms with E-state index in [9.17, 15) is 0 Å². The molecule has 2 heteroatoms. The molecule has 0 bridgehead atoms. The van der Waals surface area contributed by atoms with Crippen LogP contribution in [0.3, 0.4) is 0 Å². The Hall–Kier alpha value is 0.310. The van der Waals surface area contributed by atoms with E-state index >= 15 is 0 Å². The van der Waals surface area contributed by atoms with E-state index in [0.717, 1.165) is 0 Å². The molecule has 1 N–H and O–H groups in total. The maximum Gasteiger partial charge on any atom is 0.0181 e. The van der Waals surface area contributed by atoms with E-state index in [-0.39, 0.29) is 0 Å². The third-order valence-electron chi connectivity index (χ3n) is 2.35. The first-order chi connectivity index (χ1) is 4.84. The molecule has 0 spiro atoms. The van der Waals surface area contributed by atoms with Gasteiger partial charge in [-0.3, -0.25) is 0 Å². The van der Waals surface area contributed by atoms with Crippen molar-refractivity contribution in [1.82, 2.24) is 5.32 Å². The first-order valence-electron chi connectivity index (χ1n) is 4.20. The molecule has 1 aliphatic rings. The monoisotopic (exact) mass is 159 g/mol. The Labute approximate surface area is 69.0 Å². The Morgan fingerprint density at radius 3 is 2.60 bits per heavy atom. The van der Waals surface area contributed by atoms with Gasteiger partial charge in [-0.25, -0.2) is 0 Å². The molecule has 0 amide bonds. The van der Waals surface area contributed by atoms with Crippen molar-refractivity contribution >= 4 is 12.6 Å². The predicted molar refractivity (Wildman–Crippen MR) is 48.7 cm³/mol. The van der Waals surface area contributed by atoms with Gasteiger partial charge in [-0.05, 0) is 19.9 Å². The molecule has 1 fully saturated rings. The van der Waals surface area contributed by atoms with Crippen molar-refractivity contribution in [3.05, 3.63) is 0 Å². The third-order valence-corrected chi connectivity index (χ3v) is 2.97. The first kappa shape index (κ1) is 8.41. The largest absolute Gasteiger partial charge is 0.316 e. The Morgan fingerprint density at radius 1 is 1.20 bits per heavy atom. The van der Waals surface area contributed by atoms with Gasteiger partial charge in [0.05, 0.1) is 0 Å². The summed E-state index contributed by atoms with van der Waals surface area (Å²) in [5.74, 6) is 0. The molecule has 0 aromatic rings. The number of nitrogens with one attached hydrogen (secondary N) is 1. The summed E-state index contributed by atoms with van der Waals surface area (Å²) in [7, 11) is 2.04. The molecule has 0 heterocycles. The molecule has 0 aromatic carbocycles. The molecule has 1 rings (SSSR count). The van der Waals surface area contributed by atoms with Crippen LogP contribution in [0.2, 0.25) is 0 Å². The van der Waals surface area contributed by atoms with E-state index in [0.29, 0.717) is 11.3 Å². The van der Waals surface area contributed by atoms with Crippen LogP contribution in [0.5, 0.6) is 0 Å². The van der Waals surface area contributed by atoms with Crippen LogP contribution >= 0.6 is 12.6 Å². The molecule has 0 saturated heterocycles. The molecular formula is C8H17NS. The molecule has 2 atom stereocenters. The van der Waals surface area contributed by atoms with E-state index in [1.165, 1.54) is 32.1 Å². The highest BCUT2D eigenvalue weighted by molar-refractivity contribution is 7.81. The van der Waals surface area contributed by atoms with Gasteiger partial charge in [-0.15, -0.1) is 0 Å². The molecular weight excluding hydrogens is 142 g/mol. The minimum absolute atomic E-state index is 0.590. The molecule has 1 nitrogen and oxygen atoms in total. The molecule has 1 aliphatic carbocycles. The number of thiol groups is 1. The quantitative estimate of drug-likeness (QED) is 0.439. The van der Waals surface area contributed by atoms with E-state index in [4.69, 9.17) is 0 Å². The summed E-state index contributed by atoms with van der Waals surface area (Å²) in [6.07, 6.45) is 6.74. The summed E-state index contributed by atoms with van der Waals surface area (Å²) in [6, 6.07) is 0.658. The highest BCUT2D eigenvalue weighted by atomic mass is 32.1. The van der Waals surface area contributed by atoms with Crippen LogP contribution in [0.25, 0.3) is 0 Å². The van der Waals surface area contributed by atoms with Gasteiger partial charge in [-0.1, -0.05) is 19.3 Å². The van der Waals surface area contributed by atoms with E-state index in [1.54, 1.807) is 0 Å². The van der Waals surface area contributed by atoms with Gasteiger partial charge in [0.1, 0.15) is 0 Å². The second kappa shape index (κ2) is 4.24. The fraction of sp³-hybridized carbons (Fsp3) is 1.00. The highest BCUT2D eigenvalue weighted by Gasteiger charge is 2.17. The van der Waals surface area contributed by atoms with E-state index in [1.807, 2.05) is 7.05 Å². The predicted octanol–water partition coefficient (Wildman–Crippen LogP) is 1.84. The summed E-state index contributed by atoms with van der Waals surface area (Å²) >= 11 is 4.54. The molecule has 60 valence electrons. The molecule has 2 unspecified atom stereocenters. The van der Waals surface area contributed by atoms with E-state index < -0.39 is 0 Å². The normalized spacial score (nSPS) is 35.4. The number of hydrogen-bond donors (Lipinski definition) is 2. The molecule has 0 aliphatic heterocycles. The van der Waals surface area contributed by atoms with Crippen LogP contribution in [0.4, 0.5) is 0 Å². The van der Waals surface area contributed by atoms with Gasteiger partial charge in [0, 0.05) is 11.3 Å². The Bertz CT molecular complexity index is 95.3. The van der Waals surface area contributed by atoms with Crippen LogP contribution in [0, 0.1) is 0 Å². The average Bonchev–Trinajstić information content (AvgIpc) is 2.13. The van der Waals surface area contributed by atoms with Gasteiger partial charge < -0.3 is 5.32 Å². The third kappa shape index (κ3) is 2.17. The van der Waals surface area contributed by atoms with Crippen molar-refractivity contribution < 1.29 is 0 Å². The van der Waals surface area contributed by atoms with Crippen molar-refractivity contribution in [3.8, 4) is 0 Å². The molecule has 0 radical (unpaired) electrons. The van der Waals surface area contributed by atoms with Gasteiger partial charge >= 0.3 is 0 Å². The van der Waals surface area contributed by atoms with Crippen molar-refractivity contribution in [3.63, 3.8) is 0 Å². The zero-order valence-corrected chi connectivity index (χ0v) is 7.53. The van der Waals surface area contributed by atoms with Crippen LogP contribution in [0.1, 0.15) is 32.1 Å². The van der Waals surface area contributed by atoms with Crippen LogP contribution < -0.4 is 5.32 Å². The minimum atomic E-state index is 0.590. The minimum Gasteiger partial charge on any atom is -0.316 e. The lowest BCUT2D eigenvalue weighted by atomic mass is 10.1. The SMILES string of the molecule is CNC1CCCCCC1S. The standard InChI is InChI=1S/C8H17NS/c1-9-7-5-3-2-4-6-8(7)10/h7-10H,2-6H2,1H3. The van der Waals surface area contributed by atoms with Crippen LogP contribution in [-0.4, -0.2) is 18.3 Å². The maximum absolute atomic E-state index is 4.54. The van der Waals surface area contributed by atoms with Crippen LogP contribution in [-0.2, 0) is 0 Å². The zero-order valence-electron chi connectivity index (χ0n) is 6.64. The summed E-state index contributed by atoms with van der Waals surface area (Å²) in [6.45, 7) is 0. The van der Waals surface area contributed by atoms with Crippen molar-refractivity contribution in [2.45, 2.75) is 43.4 Å². The summed E-state index contributed by atoms with van der Waals surface area (Å²) in [5, 5.41) is 3.91. The second-order valence-corrected chi connectivity index (χ2v) is 3.76. The van der Waals surface area contributed by atoms with Gasteiger partial charge in [-0.2, -0.15) is 12.6 Å². The maximum atomic E-state index is 4.54. The summed E-state index contributed by atoms with van der Waals surface area (Å²) < 4.78 is 0. The fourth-order valence-electron chi connectivity index (χ4n) is 1.62. The summed E-state index contributed by atoms with van der Waals surface area (Å²) in [5.41, 5.74) is 0. The lowest BCUT2D eigenvalue weighted by molar-refractivity contribution is 0.512. The first-order valence-corrected chi connectivity index (χ1v) is 4.71. The van der Waals surface area contributed by atoms with Crippen molar-refractivity contribution in [2.75, 3.05) is 7.05 Å². The van der Waals surface area contributed by atoms with Crippen molar-refractivity contribution in [2.24, 2.45) is 0 Å². The van der Waals surface area contributed by atoms with Crippen molar-refractivity contribution in [1.29, 1.82) is 0 Å². The van der Waals surface area contributed by atoms with Gasteiger partial charge in [0.15, 0.2) is 0 Å². The molecule has 0 aromatic heterocycles. The highest BCUT2D eigenvalue weighted by Crippen LogP contribution is 2.21. The Kier molecular flexibility index (Phi) is 3.57. The second-order valence-electron chi connectivity index (χ2n) is 3.10. The molecule has 1 saturated carbocycles. The fourth-order valence-corrected chi connectivity index (χ4v) is 2.11. The smallest absolute Gasteiger partial charge is 0.0181 e. The van der Waals surface area contributed by atoms with Crippen LogP contribution in [0.15, 0.2) is 0 Å². The lowest BCUT2D eigenvalue weighted by Crippen LogP contribution is -2.33. The zero-order chi connectivity index (χ0) is 7.40. The van der Waals surface area contributed by atoms with Gasteiger partial charge in [0.25, 0.3) is 0 Å². The summed E-state index contributed by atoms with van der Waals surface area (Å²) in [4.78, 5) is 0. The average molecular weight is 159 g/mol. The van der Waals surface area contributed by atoms with E-state index in [2.05, 4.69) is 17.9 Å². The van der Waals surface area contributed by atoms with Gasteiger partial charge in [0.2, 0.25) is 0 Å². The number of hydrogen-bond acceptors (Lipinski definition) is 2. The molecule has 10 heavy (non-hydrogen) atoms. The Balaban J connectivity index is 2.35. The topological polar surface area (TPSA) is 12.0 Å². The Morgan fingerprint density at radius 2 is 1.90 bits per heavy atom.